The number of rotatable bonds is 5. The fourth-order valence-electron chi connectivity index (χ4n) is 2.14. The first kappa shape index (κ1) is 16.5. The summed E-state index contributed by atoms with van der Waals surface area (Å²) in [7, 11) is 3.74. The van der Waals surface area contributed by atoms with Gasteiger partial charge in [-0.3, -0.25) is 4.99 Å². The van der Waals surface area contributed by atoms with Crippen molar-refractivity contribution < 1.29 is 0 Å². The number of aromatic nitrogens is 3. The predicted molar refractivity (Wildman–Crippen MR) is 91.3 cm³/mol. The van der Waals surface area contributed by atoms with Crippen molar-refractivity contribution in [2.24, 2.45) is 12.0 Å². The van der Waals surface area contributed by atoms with Crippen molar-refractivity contribution in [3.05, 3.63) is 33.5 Å². The maximum Gasteiger partial charge on any atom is 0.191 e. The van der Waals surface area contributed by atoms with Gasteiger partial charge in [0.1, 0.15) is 5.82 Å². The van der Waals surface area contributed by atoms with Gasteiger partial charge < -0.3 is 15.2 Å². The molecule has 2 aromatic rings. The highest BCUT2D eigenvalue weighted by Gasteiger charge is 2.09. The smallest absolute Gasteiger partial charge is 0.191 e. The molecule has 0 saturated heterocycles. The number of aliphatic imine (C=N–C) groups is 1. The van der Waals surface area contributed by atoms with Gasteiger partial charge in [0.05, 0.1) is 6.54 Å². The summed E-state index contributed by atoms with van der Waals surface area (Å²) in [6, 6.07) is 4.66. The summed E-state index contributed by atoms with van der Waals surface area (Å²) >= 11 is 1.84. The monoisotopic (exact) mass is 320 g/mol. The molecule has 7 heteroatoms. The van der Waals surface area contributed by atoms with Crippen molar-refractivity contribution in [3.8, 4) is 0 Å². The van der Waals surface area contributed by atoms with E-state index in [4.69, 9.17) is 0 Å². The lowest BCUT2D eigenvalue weighted by atomic mass is 10.2. The lowest BCUT2D eigenvalue weighted by molar-refractivity contribution is 0.636. The first-order valence-electron chi connectivity index (χ1n) is 7.37. The van der Waals surface area contributed by atoms with E-state index in [0.717, 1.165) is 24.0 Å². The molecule has 1 atom stereocenters. The topological polar surface area (TPSA) is 67.1 Å². The molecule has 0 aliphatic rings. The van der Waals surface area contributed by atoms with E-state index in [1.165, 1.54) is 9.75 Å². The van der Waals surface area contributed by atoms with Crippen molar-refractivity contribution in [3.63, 3.8) is 0 Å². The highest BCUT2D eigenvalue weighted by molar-refractivity contribution is 7.11. The zero-order valence-corrected chi connectivity index (χ0v) is 14.7. The lowest BCUT2D eigenvalue weighted by Gasteiger charge is -2.17. The molecule has 0 aromatic carbocycles. The van der Waals surface area contributed by atoms with Crippen LogP contribution in [0.15, 0.2) is 17.1 Å². The van der Waals surface area contributed by atoms with E-state index < -0.39 is 0 Å². The van der Waals surface area contributed by atoms with Gasteiger partial charge in [-0.1, -0.05) is 0 Å². The molecule has 6 nitrogen and oxygen atoms in total. The Morgan fingerprint density at radius 2 is 2.14 bits per heavy atom. The highest BCUT2D eigenvalue weighted by atomic mass is 32.1. The van der Waals surface area contributed by atoms with Crippen LogP contribution in [0.5, 0.6) is 0 Å². The molecule has 2 aromatic heterocycles. The zero-order chi connectivity index (χ0) is 16.1. The quantitative estimate of drug-likeness (QED) is 0.651. The summed E-state index contributed by atoms with van der Waals surface area (Å²) in [6.45, 7) is 6.83. The average molecular weight is 320 g/mol. The molecular formula is C15H24N6S. The van der Waals surface area contributed by atoms with Crippen molar-refractivity contribution in [1.82, 2.24) is 25.4 Å². The van der Waals surface area contributed by atoms with Gasteiger partial charge in [0.15, 0.2) is 11.8 Å². The largest absolute Gasteiger partial charge is 0.354 e. The van der Waals surface area contributed by atoms with Crippen LogP contribution in [0.25, 0.3) is 0 Å². The molecule has 0 amide bonds. The Morgan fingerprint density at radius 1 is 1.36 bits per heavy atom. The molecular weight excluding hydrogens is 296 g/mol. The molecule has 120 valence electrons. The summed E-state index contributed by atoms with van der Waals surface area (Å²) in [5.41, 5.74) is 0. The Balaban J connectivity index is 1.85. The Morgan fingerprint density at radius 3 is 2.68 bits per heavy atom. The first-order valence-corrected chi connectivity index (χ1v) is 8.18. The first-order chi connectivity index (χ1) is 10.5. The second-order valence-corrected chi connectivity index (χ2v) is 6.78. The zero-order valence-electron chi connectivity index (χ0n) is 13.8. The van der Waals surface area contributed by atoms with Gasteiger partial charge in [-0.05, 0) is 32.9 Å². The van der Waals surface area contributed by atoms with Gasteiger partial charge in [-0.25, -0.2) is 0 Å². The molecule has 2 heterocycles. The van der Waals surface area contributed by atoms with Crippen LogP contribution < -0.4 is 10.6 Å². The van der Waals surface area contributed by atoms with Gasteiger partial charge in [0.2, 0.25) is 0 Å². The molecule has 1 unspecified atom stereocenters. The maximum atomic E-state index is 4.27. The van der Waals surface area contributed by atoms with Crippen molar-refractivity contribution in [1.29, 1.82) is 0 Å². The van der Waals surface area contributed by atoms with E-state index >= 15 is 0 Å². The number of thiophene rings is 1. The van der Waals surface area contributed by atoms with Gasteiger partial charge in [0.25, 0.3) is 0 Å². The second kappa shape index (κ2) is 7.40. The third-order valence-electron chi connectivity index (χ3n) is 3.51. The molecule has 2 N–H and O–H groups in total. The molecule has 0 radical (unpaired) electrons. The number of hydrogen-bond acceptors (Lipinski definition) is 4. The molecule has 0 saturated carbocycles. The number of nitrogens with zero attached hydrogens (tertiary/aromatic N) is 4. The average Bonchev–Trinajstić information content (AvgIpc) is 3.02. The van der Waals surface area contributed by atoms with Crippen molar-refractivity contribution >= 4 is 17.3 Å². The molecule has 2 rings (SSSR count). The van der Waals surface area contributed by atoms with E-state index in [1.807, 2.05) is 29.9 Å². The normalized spacial score (nSPS) is 13.2. The standard InChI is InChI=1S/C15H24N6S/c1-10(8-13-7-6-11(2)22-13)18-15(16-4)17-9-14-20-19-12(3)21(14)5/h6-7,10H,8-9H2,1-5H3,(H2,16,17,18). The summed E-state index contributed by atoms with van der Waals surface area (Å²) in [4.78, 5) is 7.00. The van der Waals surface area contributed by atoms with Crippen LogP contribution in [0.4, 0.5) is 0 Å². The Labute approximate surface area is 135 Å². The summed E-state index contributed by atoms with van der Waals surface area (Å²) < 4.78 is 1.97. The molecule has 0 spiro atoms. The number of nitrogens with one attached hydrogen (secondary N) is 2. The van der Waals surface area contributed by atoms with Gasteiger partial charge in [0, 0.05) is 36.3 Å². The van der Waals surface area contributed by atoms with Crippen LogP contribution in [0.2, 0.25) is 0 Å². The summed E-state index contributed by atoms with van der Waals surface area (Å²) in [6.07, 6.45) is 0.988. The minimum absolute atomic E-state index is 0.311. The predicted octanol–water partition coefficient (Wildman–Crippen LogP) is 1.79. The Hall–Kier alpha value is -1.89. The van der Waals surface area contributed by atoms with E-state index in [0.29, 0.717) is 12.6 Å². The molecule has 0 bridgehead atoms. The highest BCUT2D eigenvalue weighted by Crippen LogP contribution is 2.16. The molecule has 0 fully saturated rings. The van der Waals surface area contributed by atoms with Crippen LogP contribution in [0.1, 0.15) is 28.3 Å². The lowest BCUT2D eigenvalue weighted by Crippen LogP contribution is -2.42. The van der Waals surface area contributed by atoms with E-state index in [-0.39, 0.29) is 0 Å². The van der Waals surface area contributed by atoms with Crippen LogP contribution >= 0.6 is 11.3 Å². The molecule has 0 aliphatic carbocycles. The summed E-state index contributed by atoms with van der Waals surface area (Å²) in [5.74, 6) is 2.57. The van der Waals surface area contributed by atoms with Crippen LogP contribution in [-0.2, 0) is 20.0 Å². The molecule has 22 heavy (non-hydrogen) atoms. The van der Waals surface area contributed by atoms with Crippen molar-refractivity contribution in [2.45, 2.75) is 39.8 Å². The van der Waals surface area contributed by atoms with Crippen LogP contribution in [-0.4, -0.2) is 33.8 Å². The summed E-state index contributed by atoms with van der Waals surface area (Å²) in [5, 5.41) is 14.9. The van der Waals surface area contributed by atoms with Crippen molar-refractivity contribution in [2.75, 3.05) is 7.05 Å². The second-order valence-electron chi connectivity index (χ2n) is 5.41. The van der Waals surface area contributed by atoms with Crippen LogP contribution in [0.3, 0.4) is 0 Å². The third kappa shape index (κ3) is 4.30. The van der Waals surface area contributed by atoms with E-state index in [9.17, 15) is 0 Å². The maximum absolute atomic E-state index is 4.27. The fourth-order valence-corrected chi connectivity index (χ4v) is 3.16. The fraction of sp³-hybridized carbons (Fsp3) is 0.533. The Bertz CT molecular complexity index is 642. The Kier molecular flexibility index (Phi) is 5.54. The number of guanidine groups is 1. The number of aryl methyl sites for hydroxylation is 2. The molecule has 0 aliphatic heterocycles. The van der Waals surface area contributed by atoms with Gasteiger partial charge in [-0.2, -0.15) is 0 Å². The number of hydrogen-bond donors (Lipinski definition) is 2. The van der Waals surface area contributed by atoms with Gasteiger partial charge in [-0.15, -0.1) is 21.5 Å². The minimum Gasteiger partial charge on any atom is -0.354 e. The van der Waals surface area contributed by atoms with Gasteiger partial charge >= 0.3 is 0 Å². The third-order valence-corrected chi connectivity index (χ3v) is 4.53. The van der Waals surface area contributed by atoms with E-state index in [2.05, 4.69) is 51.8 Å². The minimum atomic E-state index is 0.311. The van der Waals surface area contributed by atoms with E-state index in [1.54, 1.807) is 7.05 Å². The SMILES string of the molecule is CN=C(NCc1nnc(C)n1C)NC(C)Cc1ccc(C)s1. The van der Waals surface area contributed by atoms with Crippen LogP contribution in [0, 0.1) is 13.8 Å².